The van der Waals surface area contributed by atoms with Crippen LogP contribution in [0.15, 0.2) is 12.2 Å². The van der Waals surface area contributed by atoms with E-state index in [4.69, 9.17) is 32.3 Å². The molecule has 4 amide bonds. The summed E-state index contributed by atoms with van der Waals surface area (Å²) in [6.45, 7) is 7.92. The number of aliphatic hydroxyl groups excluding tert-OH is 1. The number of hydrogen-bond acceptors (Lipinski definition) is 19. The molecule has 0 rings (SSSR count). The fourth-order valence-electron chi connectivity index (χ4n) is 10.9. The van der Waals surface area contributed by atoms with Crippen LogP contribution >= 0.6 is 15.6 Å². The summed E-state index contributed by atoms with van der Waals surface area (Å²) in [4.78, 5) is 115. The Hall–Kier alpha value is -1.47. The molecule has 580 valence electrons. The summed E-state index contributed by atoms with van der Waals surface area (Å²) in [7, 11) is -10.0. The molecule has 0 spiro atoms. The molecule has 0 saturated heterocycles. The van der Waals surface area contributed by atoms with E-state index in [1.165, 1.54) is 77.0 Å². The number of unbranched alkanes of at least 4 members (excludes halogenated alkanes) is 29. The Bertz CT molecular complexity index is 2180. The number of phosphoric ester groups is 2. The first kappa shape index (κ1) is 104. The van der Waals surface area contributed by atoms with Crippen molar-refractivity contribution in [2.75, 3.05) is 65.9 Å². The van der Waals surface area contributed by atoms with Gasteiger partial charge in [0.05, 0.1) is 77.3 Å². The molecule has 0 bridgehead atoms. The average molecular weight is 1500 g/mol. The summed E-state index contributed by atoms with van der Waals surface area (Å²) >= 11 is 0. The van der Waals surface area contributed by atoms with Crippen LogP contribution in [0.2, 0.25) is 0 Å². The van der Waals surface area contributed by atoms with Gasteiger partial charge in [0.25, 0.3) is 15.6 Å². The predicted octanol–water partition coefficient (Wildman–Crippen LogP) is 8.24. The van der Waals surface area contributed by atoms with E-state index >= 15 is 0 Å². The first-order chi connectivity index (χ1) is 47.8. The van der Waals surface area contributed by atoms with Crippen molar-refractivity contribution in [3.63, 3.8) is 0 Å². The van der Waals surface area contributed by atoms with E-state index < -0.39 is 96.4 Å². The number of aliphatic hydroxyl groups is 1. The van der Waals surface area contributed by atoms with Crippen LogP contribution in [0.3, 0.4) is 0 Å². The third-order valence-electron chi connectivity index (χ3n) is 16.9. The number of rotatable bonds is 75. The molecule has 6 unspecified atom stereocenters. The van der Waals surface area contributed by atoms with E-state index in [-0.39, 0.29) is 148 Å². The van der Waals surface area contributed by atoms with E-state index in [9.17, 15) is 57.6 Å². The van der Waals surface area contributed by atoms with Gasteiger partial charge in [-0.3, -0.25) is 42.7 Å². The Labute approximate surface area is 654 Å². The van der Waals surface area contributed by atoms with Crippen molar-refractivity contribution in [2.24, 2.45) is 0 Å². The average Bonchev–Trinajstić information content (AvgIpc) is 0.932. The number of allylic oxidation sites excluding steroid dienone is 2. The largest absolute Gasteiger partial charge is 1.00 e. The van der Waals surface area contributed by atoms with Crippen LogP contribution in [0.4, 0.5) is 0 Å². The van der Waals surface area contributed by atoms with Crippen molar-refractivity contribution in [1.82, 2.24) is 21.3 Å². The molecule has 0 aromatic rings. The van der Waals surface area contributed by atoms with Crippen LogP contribution in [-0.4, -0.2) is 137 Å². The van der Waals surface area contributed by atoms with Crippen molar-refractivity contribution in [3.05, 3.63) is 12.2 Å². The van der Waals surface area contributed by atoms with E-state index in [1.807, 2.05) is 0 Å². The molecule has 0 radical (unpaired) electrons. The van der Waals surface area contributed by atoms with Crippen molar-refractivity contribution in [2.45, 2.75) is 354 Å². The number of ether oxygens (including phenoxy) is 3. The molecule has 0 fully saturated rings. The smallest absolute Gasteiger partial charge is 0.756 e. The number of carbonyl (C=O) groups excluding carboxylic acids is 7. The van der Waals surface area contributed by atoms with Gasteiger partial charge in [0.1, 0.15) is 17.7 Å². The summed E-state index contributed by atoms with van der Waals surface area (Å²) in [5.41, 5.74) is 0. The number of carbonyl (C=O) groups is 7. The second-order valence-corrected chi connectivity index (χ2v) is 29.4. The maximum Gasteiger partial charge on any atom is 1.00 e. The number of phosphoric acid groups is 2. The Kier molecular flexibility index (Phi) is 76.0. The zero-order valence-corrected chi connectivity index (χ0v) is 70.0. The van der Waals surface area contributed by atoms with Gasteiger partial charge in [-0.15, -0.1) is 0 Å². The molecular formula is C74H138N4Na2O19P2. The normalized spacial score (nSPS) is 13.8. The molecule has 0 aliphatic rings. The van der Waals surface area contributed by atoms with Crippen molar-refractivity contribution in [3.8, 4) is 0 Å². The van der Waals surface area contributed by atoms with Crippen molar-refractivity contribution < 1.29 is 149 Å². The van der Waals surface area contributed by atoms with Crippen LogP contribution in [0, 0.1) is 0 Å². The molecule has 0 saturated carbocycles. The summed E-state index contributed by atoms with van der Waals surface area (Å²) in [6, 6.07) is -2.00. The van der Waals surface area contributed by atoms with Crippen molar-refractivity contribution in [1.29, 1.82) is 0 Å². The van der Waals surface area contributed by atoms with E-state index in [1.54, 1.807) is 0 Å². The van der Waals surface area contributed by atoms with Crippen LogP contribution < -0.4 is 90.2 Å². The molecule has 0 aliphatic carbocycles. The van der Waals surface area contributed by atoms with Gasteiger partial charge < -0.3 is 68.5 Å². The maximum atomic E-state index is 13.2. The predicted molar refractivity (Wildman–Crippen MR) is 386 cm³/mol. The van der Waals surface area contributed by atoms with Gasteiger partial charge in [0.15, 0.2) is 0 Å². The fourth-order valence-corrected chi connectivity index (χ4v) is 12.4. The molecule has 6 atom stereocenters. The summed E-state index contributed by atoms with van der Waals surface area (Å²) < 4.78 is 63.5. The molecule has 5 N–H and O–H groups in total. The minimum Gasteiger partial charge on any atom is -0.756 e. The summed E-state index contributed by atoms with van der Waals surface area (Å²) in [6.07, 6.45) is 41.9. The minimum absolute atomic E-state index is 0. The first-order valence-corrected chi connectivity index (χ1v) is 41.7. The van der Waals surface area contributed by atoms with Gasteiger partial charge in [0.2, 0.25) is 23.6 Å². The van der Waals surface area contributed by atoms with Gasteiger partial charge >= 0.3 is 65.1 Å². The number of esters is 1. The summed E-state index contributed by atoms with van der Waals surface area (Å²) in [5, 5.41) is 20.6. The van der Waals surface area contributed by atoms with Crippen LogP contribution in [0.1, 0.15) is 330 Å². The quantitative estimate of drug-likeness (QED) is 0.00955. The number of hydrogen-bond donors (Lipinski definition) is 5. The Morgan fingerprint density at radius 1 is 0.386 bits per heavy atom. The first-order valence-electron chi connectivity index (χ1n) is 38.8. The van der Waals surface area contributed by atoms with E-state index in [0.717, 1.165) is 128 Å². The van der Waals surface area contributed by atoms with Crippen LogP contribution in [-0.2, 0) is 75.0 Å². The van der Waals surface area contributed by atoms with Crippen LogP contribution in [0.5, 0.6) is 0 Å². The second-order valence-electron chi connectivity index (χ2n) is 26.6. The zero-order valence-electron chi connectivity index (χ0n) is 64.3. The zero-order chi connectivity index (χ0) is 73.1. The Morgan fingerprint density at radius 2 is 0.743 bits per heavy atom. The Morgan fingerprint density at radius 3 is 1.16 bits per heavy atom. The SMILES string of the molecule is CCCCCC/C=C\CCCC(=O)OC(CCCCCCC)CCOCC(COP(=O)([O-])OCCNC(=O)CCC(=O)NCCOP(=O)([O-])OCC(COCCC(O)CCCCCCC)NC(=O)CC(=O)CCCCCCCCCCC)NC(=O)CC(=O)CCCCCCCCCCC.[Na+].[Na+]. The van der Waals surface area contributed by atoms with Crippen molar-refractivity contribution >= 4 is 56.8 Å². The monoisotopic (exact) mass is 1490 g/mol. The molecule has 27 heteroatoms. The Balaban J connectivity index is -0.0000480. The standard InChI is InChI=1S/C74H140N4O19P2.2Na/c1-6-11-16-21-24-27-30-35-39-44-67(80)58-72(84)77-64(60-91-54-50-66(79)43-38-33-19-14-9-4)62-95-98(87,88)93-56-52-75-70(82)48-49-71(83)76-53-57-94-99(89,90)96-63-65(78-73(85)59-68(81)45-40-36-31-28-25-22-17-12-7-2)61-92-55-51-69(46-41-34-20-15-10-5)97-74(86)47-42-37-32-29-26-23-18-13-8-3;;/h29,32,64-66,69,79H,6-28,30-31,33-63H2,1-5H3,(H,75,82)(H,76,83)(H,77,84)(H,78,85)(H,87,88)(H,89,90);;/q;2*+1/p-2/b32-29-;;. The molecule has 0 aliphatic heterocycles. The second kappa shape index (κ2) is 74.0. The van der Waals surface area contributed by atoms with Gasteiger partial charge in [0, 0.05) is 58.2 Å². The van der Waals surface area contributed by atoms with Crippen LogP contribution in [0.25, 0.3) is 0 Å². The van der Waals surface area contributed by atoms with E-state index in [2.05, 4.69) is 68.0 Å². The molecular weight excluding hydrogens is 1360 g/mol. The minimum atomic E-state index is -5.03. The van der Waals surface area contributed by atoms with Gasteiger partial charge in [-0.25, -0.2) is 0 Å². The fraction of sp³-hybridized carbons (Fsp3) is 0.878. The van der Waals surface area contributed by atoms with Gasteiger partial charge in [-0.2, -0.15) is 0 Å². The van der Waals surface area contributed by atoms with E-state index in [0.29, 0.717) is 51.4 Å². The molecule has 0 aromatic carbocycles. The van der Waals surface area contributed by atoms with Gasteiger partial charge in [-0.05, 0) is 64.2 Å². The number of amides is 4. The van der Waals surface area contributed by atoms with Gasteiger partial charge in [-0.1, -0.05) is 227 Å². The number of nitrogens with one attached hydrogen (secondary N) is 4. The topological polar surface area (TPSA) is 333 Å². The molecule has 0 heterocycles. The molecule has 101 heavy (non-hydrogen) atoms. The maximum absolute atomic E-state index is 13.2. The third-order valence-corrected chi connectivity index (χ3v) is 18.8. The molecule has 0 aromatic heterocycles. The third kappa shape index (κ3) is 72.5. The summed E-state index contributed by atoms with van der Waals surface area (Å²) in [5.74, 6) is -3.22. The number of ketones is 2. The number of Topliss-reactive ketones (excluding diaryl/α,β-unsaturated/α-hetero) is 2. The molecule has 23 nitrogen and oxygen atoms in total.